The predicted octanol–water partition coefficient (Wildman–Crippen LogP) is 1.46. The van der Waals surface area contributed by atoms with Gasteiger partial charge in [-0.05, 0) is 6.42 Å². The lowest BCUT2D eigenvalue weighted by Crippen LogP contribution is -2.48. The maximum atomic E-state index is 11.8. The summed E-state index contributed by atoms with van der Waals surface area (Å²) in [4.78, 5) is 11.8. The third-order valence-electron chi connectivity index (χ3n) is 4.36. The molecule has 0 aliphatic carbocycles. The maximum absolute atomic E-state index is 11.8. The molecule has 0 aliphatic rings. The molecular formula is C18H39NO6. The van der Waals surface area contributed by atoms with Gasteiger partial charge in [-0.1, -0.05) is 64.7 Å². The minimum atomic E-state index is -1.79. The van der Waals surface area contributed by atoms with Gasteiger partial charge in [-0.3, -0.25) is 4.79 Å². The van der Waals surface area contributed by atoms with Crippen molar-refractivity contribution in [3.8, 4) is 0 Å². The van der Waals surface area contributed by atoms with E-state index in [0.717, 1.165) is 19.3 Å². The average molecular weight is 366 g/mol. The van der Waals surface area contributed by atoms with Crippen LogP contribution < -0.4 is 6.15 Å². The smallest absolute Gasteiger partial charge is 0.164 e. The third-order valence-corrected chi connectivity index (χ3v) is 4.36. The van der Waals surface area contributed by atoms with Gasteiger partial charge in [0.25, 0.3) is 0 Å². The van der Waals surface area contributed by atoms with Crippen molar-refractivity contribution in [2.75, 3.05) is 6.61 Å². The van der Waals surface area contributed by atoms with Crippen LogP contribution in [-0.2, 0) is 4.79 Å². The lowest BCUT2D eigenvalue weighted by atomic mass is 9.97. The van der Waals surface area contributed by atoms with Crippen LogP contribution in [0.5, 0.6) is 0 Å². The summed E-state index contributed by atoms with van der Waals surface area (Å²) in [6.07, 6.45) is 4.63. The second-order valence-electron chi connectivity index (χ2n) is 6.57. The van der Waals surface area contributed by atoms with Crippen molar-refractivity contribution in [3.63, 3.8) is 0 Å². The lowest BCUT2D eigenvalue weighted by molar-refractivity contribution is -0.147. The van der Waals surface area contributed by atoms with Gasteiger partial charge in [-0.25, -0.2) is 0 Å². The molecule has 0 aromatic rings. The van der Waals surface area contributed by atoms with Crippen LogP contribution in [-0.4, -0.2) is 62.3 Å². The summed E-state index contributed by atoms with van der Waals surface area (Å²) in [5, 5.41) is 46.7. The fourth-order valence-electron chi connectivity index (χ4n) is 2.65. The highest BCUT2D eigenvalue weighted by atomic mass is 16.4. The van der Waals surface area contributed by atoms with E-state index in [1.54, 1.807) is 0 Å². The number of unbranched alkanes of at least 4 members (excludes halogenated alkanes) is 9. The Bertz CT molecular complexity index is 316. The Balaban J connectivity index is 0. The van der Waals surface area contributed by atoms with Crippen LogP contribution in [0.25, 0.3) is 0 Å². The number of Topliss-reactive ketones (excluding diaryl/α,β-unsaturated/α-hetero) is 1. The molecule has 0 aromatic carbocycles. The summed E-state index contributed by atoms with van der Waals surface area (Å²) in [5.41, 5.74) is 0. The quantitative estimate of drug-likeness (QED) is 0.226. The van der Waals surface area contributed by atoms with Gasteiger partial charge < -0.3 is 31.7 Å². The van der Waals surface area contributed by atoms with Gasteiger partial charge in [0, 0.05) is 6.42 Å². The highest BCUT2D eigenvalue weighted by Gasteiger charge is 2.33. The predicted molar refractivity (Wildman–Crippen MR) is 97.6 cm³/mol. The minimum Gasteiger partial charge on any atom is -0.394 e. The summed E-state index contributed by atoms with van der Waals surface area (Å²) in [6.45, 7) is 1.45. The van der Waals surface area contributed by atoms with Crippen molar-refractivity contribution in [3.05, 3.63) is 0 Å². The number of rotatable bonds is 16. The molecule has 8 N–H and O–H groups in total. The summed E-state index contributed by atoms with van der Waals surface area (Å²) in [6, 6.07) is 0. The van der Waals surface area contributed by atoms with Gasteiger partial charge in [-0.2, -0.15) is 0 Å². The molecule has 0 heterocycles. The Morgan fingerprint density at radius 3 is 1.64 bits per heavy atom. The molecule has 0 saturated carbocycles. The third kappa shape index (κ3) is 12.4. The minimum absolute atomic E-state index is 0. The fourth-order valence-corrected chi connectivity index (χ4v) is 2.65. The molecule has 4 atom stereocenters. The van der Waals surface area contributed by atoms with E-state index >= 15 is 0 Å². The van der Waals surface area contributed by atoms with Crippen molar-refractivity contribution in [1.82, 2.24) is 6.15 Å². The van der Waals surface area contributed by atoms with E-state index in [1.807, 2.05) is 0 Å². The molecule has 0 rings (SSSR count). The van der Waals surface area contributed by atoms with Crippen molar-refractivity contribution < 1.29 is 30.3 Å². The Morgan fingerprint density at radius 1 is 0.760 bits per heavy atom. The van der Waals surface area contributed by atoms with Crippen molar-refractivity contribution in [1.29, 1.82) is 0 Å². The molecule has 0 saturated heterocycles. The molecule has 0 bridgehead atoms. The molecule has 0 aliphatic heterocycles. The molecule has 0 radical (unpaired) electrons. The Kier molecular flexibility index (Phi) is 18.0. The first-order valence-electron chi connectivity index (χ1n) is 9.31. The topological polar surface area (TPSA) is 153 Å². The van der Waals surface area contributed by atoms with E-state index in [4.69, 9.17) is 5.11 Å². The van der Waals surface area contributed by atoms with E-state index < -0.39 is 36.8 Å². The summed E-state index contributed by atoms with van der Waals surface area (Å²) in [7, 11) is 0. The normalized spacial score (nSPS) is 15.9. The van der Waals surface area contributed by atoms with Gasteiger partial charge in [0.15, 0.2) is 5.78 Å². The van der Waals surface area contributed by atoms with Crippen LogP contribution >= 0.6 is 0 Å². The Hall–Kier alpha value is -0.570. The van der Waals surface area contributed by atoms with Crippen LogP contribution in [0.15, 0.2) is 0 Å². The molecule has 0 unspecified atom stereocenters. The summed E-state index contributed by atoms with van der Waals surface area (Å²) >= 11 is 0. The number of ketones is 1. The molecule has 0 amide bonds. The summed E-state index contributed by atoms with van der Waals surface area (Å²) in [5.74, 6) is -0.550. The number of hydrogen-bond acceptors (Lipinski definition) is 7. The first-order valence-corrected chi connectivity index (χ1v) is 9.31. The number of aliphatic hydroxyl groups excluding tert-OH is 5. The maximum Gasteiger partial charge on any atom is 0.164 e. The molecule has 0 fully saturated rings. The first-order chi connectivity index (χ1) is 11.5. The van der Waals surface area contributed by atoms with E-state index in [0.29, 0.717) is 6.42 Å². The summed E-state index contributed by atoms with van der Waals surface area (Å²) < 4.78 is 0. The van der Waals surface area contributed by atoms with E-state index in [-0.39, 0.29) is 12.6 Å². The fraction of sp³-hybridized carbons (Fsp3) is 0.944. The SMILES string of the molecule is CCCCCCCCCCCCC(=O)[C@H](O)[C@@H](O)[C@H](O)[C@H](O)CO.N. The Labute approximate surface area is 151 Å². The van der Waals surface area contributed by atoms with Crippen LogP contribution in [0.3, 0.4) is 0 Å². The van der Waals surface area contributed by atoms with Gasteiger partial charge >= 0.3 is 0 Å². The number of carbonyl (C=O) groups is 1. The molecule has 25 heavy (non-hydrogen) atoms. The Morgan fingerprint density at radius 2 is 1.20 bits per heavy atom. The van der Waals surface area contributed by atoms with Gasteiger partial charge in [0.05, 0.1) is 6.61 Å². The van der Waals surface area contributed by atoms with Crippen LogP contribution in [0.1, 0.15) is 77.6 Å². The van der Waals surface area contributed by atoms with Crippen molar-refractivity contribution in [2.45, 2.75) is 102 Å². The number of aliphatic hydroxyl groups is 5. The highest BCUT2D eigenvalue weighted by molar-refractivity contribution is 5.83. The molecule has 0 spiro atoms. The van der Waals surface area contributed by atoms with Gasteiger partial charge in [0.1, 0.15) is 24.4 Å². The van der Waals surface area contributed by atoms with E-state index in [1.165, 1.54) is 38.5 Å². The van der Waals surface area contributed by atoms with Crippen LogP contribution in [0.2, 0.25) is 0 Å². The number of hydrogen-bond donors (Lipinski definition) is 6. The monoisotopic (exact) mass is 365 g/mol. The molecule has 152 valence electrons. The zero-order chi connectivity index (χ0) is 18.4. The van der Waals surface area contributed by atoms with Crippen LogP contribution in [0, 0.1) is 0 Å². The van der Waals surface area contributed by atoms with Crippen molar-refractivity contribution >= 4 is 5.78 Å². The van der Waals surface area contributed by atoms with Crippen LogP contribution in [0.4, 0.5) is 0 Å². The molecular weight excluding hydrogens is 326 g/mol. The largest absolute Gasteiger partial charge is 0.394 e. The lowest BCUT2D eigenvalue weighted by Gasteiger charge is -2.24. The van der Waals surface area contributed by atoms with E-state index in [2.05, 4.69) is 6.92 Å². The highest BCUT2D eigenvalue weighted by Crippen LogP contribution is 2.13. The molecule has 7 nitrogen and oxygen atoms in total. The van der Waals surface area contributed by atoms with Gasteiger partial charge in [-0.15, -0.1) is 0 Å². The van der Waals surface area contributed by atoms with E-state index in [9.17, 15) is 25.2 Å². The zero-order valence-electron chi connectivity index (χ0n) is 15.6. The molecule has 0 aromatic heterocycles. The van der Waals surface area contributed by atoms with Crippen molar-refractivity contribution in [2.24, 2.45) is 0 Å². The average Bonchev–Trinajstić information content (AvgIpc) is 2.60. The second-order valence-corrected chi connectivity index (χ2v) is 6.57. The standard InChI is InChI=1S/C18H36O6.H3N/c1-2-3-4-5-6-7-8-9-10-11-12-14(20)16(22)18(24)17(23)15(21)13-19;/h15-19,21-24H,2-13H2,1H3;1H3/t15-,16+,17-,18-;/m1./s1. The van der Waals surface area contributed by atoms with Gasteiger partial charge in [0.2, 0.25) is 0 Å². The molecule has 7 heteroatoms. The number of carbonyl (C=O) groups excluding carboxylic acids is 1. The second kappa shape index (κ2) is 16.9. The zero-order valence-corrected chi connectivity index (χ0v) is 15.6. The first kappa shape index (κ1) is 26.7.